The first-order valence-corrected chi connectivity index (χ1v) is 5.81. The molecule has 1 aromatic rings. The van der Waals surface area contributed by atoms with Crippen molar-refractivity contribution in [2.24, 2.45) is 5.41 Å². The average molecular weight is 266 g/mol. The molecule has 0 unspecified atom stereocenters. The van der Waals surface area contributed by atoms with Crippen LogP contribution in [0.3, 0.4) is 0 Å². The van der Waals surface area contributed by atoms with Crippen LogP contribution < -0.4 is 10.6 Å². The van der Waals surface area contributed by atoms with Crippen molar-refractivity contribution in [1.29, 1.82) is 0 Å². The van der Waals surface area contributed by atoms with Crippen molar-refractivity contribution < 1.29 is 19.8 Å². The van der Waals surface area contributed by atoms with Crippen molar-refractivity contribution in [2.45, 2.75) is 20.8 Å². The number of carbonyl (C=O) groups excluding carboxylic acids is 1. The Labute approximate surface area is 111 Å². The third-order valence-electron chi connectivity index (χ3n) is 2.29. The van der Waals surface area contributed by atoms with E-state index >= 15 is 0 Å². The Hall–Kier alpha value is -2.24. The molecule has 2 amide bonds. The van der Waals surface area contributed by atoms with Gasteiger partial charge in [0.25, 0.3) is 0 Å². The van der Waals surface area contributed by atoms with Gasteiger partial charge in [-0.2, -0.15) is 0 Å². The minimum atomic E-state index is -1.25. The lowest BCUT2D eigenvalue weighted by atomic mass is 9.97. The van der Waals surface area contributed by atoms with Gasteiger partial charge >= 0.3 is 12.0 Å². The maximum absolute atomic E-state index is 11.6. The number of urea groups is 1. The summed E-state index contributed by atoms with van der Waals surface area (Å²) in [4.78, 5) is 22.4. The zero-order valence-corrected chi connectivity index (χ0v) is 11.2. The Bertz CT molecular complexity index is 492. The second kappa shape index (κ2) is 5.60. The van der Waals surface area contributed by atoms with E-state index in [4.69, 9.17) is 5.11 Å². The summed E-state index contributed by atoms with van der Waals surface area (Å²) < 4.78 is 0. The summed E-state index contributed by atoms with van der Waals surface area (Å²) in [7, 11) is 0. The highest BCUT2D eigenvalue weighted by Gasteiger charge is 2.16. The van der Waals surface area contributed by atoms with Gasteiger partial charge in [-0.05, 0) is 17.5 Å². The molecule has 4 N–H and O–H groups in total. The topological polar surface area (TPSA) is 98.7 Å². The summed E-state index contributed by atoms with van der Waals surface area (Å²) in [6.07, 6.45) is 0. The summed E-state index contributed by atoms with van der Waals surface area (Å²) in [5.74, 6) is -1.71. The Morgan fingerprint density at radius 2 is 1.89 bits per heavy atom. The molecule has 1 rings (SSSR count). The van der Waals surface area contributed by atoms with Gasteiger partial charge in [0, 0.05) is 6.54 Å². The van der Waals surface area contributed by atoms with E-state index in [1.54, 1.807) is 0 Å². The summed E-state index contributed by atoms with van der Waals surface area (Å²) in [5, 5.41) is 23.6. The first-order valence-electron chi connectivity index (χ1n) is 5.81. The molecule has 0 heterocycles. The van der Waals surface area contributed by atoms with Crippen LogP contribution in [0.5, 0.6) is 5.75 Å². The van der Waals surface area contributed by atoms with E-state index in [-0.39, 0.29) is 16.7 Å². The molecule has 0 aliphatic heterocycles. The van der Waals surface area contributed by atoms with Gasteiger partial charge in [0.15, 0.2) is 5.75 Å². The standard InChI is InChI=1S/C13H18N2O4/c1-13(2,3)7-14-12(19)15-9-6-4-5-8(10(9)16)11(17)18/h4-6,16H,7H2,1-3H3,(H,17,18)(H2,14,15,19). The molecule has 104 valence electrons. The molecule has 0 aliphatic carbocycles. The third-order valence-corrected chi connectivity index (χ3v) is 2.29. The van der Waals surface area contributed by atoms with Crippen LogP contribution in [0, 0.1) is 5.41 Å². The molecule has 0 aliphatic rings. The van der Waals surface area contributed by atoms with Gasteiger partial charge in [-0.15, -0.1) is 0 Å². The number of rotatable bonds is 3. The highest BCUT2D eigenvalue weighted by Crippen LogP contribution is 2.27. The van der Waals surface area contributed by atoms with E-state index < -0.39 is 17.7 Å². The largest absolute Gasteiger partial charge is 0.505 e. The highest BCUT2D eigenvalue weighted by molar-refractivity contribution is 5.97. The number of carboxylic acid groups (broad SMARTS) is 1. The number of aromatic carboxylic acids is 1. The number of aromatic hydroxyl groups is 1. The molecular formula is C13H18N2O4. The van der Waals surface area contributed by atoms with Gasteiger partial charge in [-0.1, -0.05) is 26.8 Å². The minimum absolute atomic E-state index is 0.0614. The number of carbonyl (C=O) groups is 2. The molecule has 0 radical (unpaired) electrons. The molecule has 6 heteroatoms. The van der Waals surface area contributed by atoms with Gasteiger partial charge in [0.1, 0.15) is 5.56 Å². The van der Waals surface area contributed by atoms with Crippen LogP contribution in [0.15, 0.2) is 18.2 Å². The van der Waals surface area contributed by atoms with Crippen LogP contribution in [0.1, 0.15) is 31.1 Å². The zero-order valence-electron chi connectivity index (χ0n) is 11.2. The van der Waals surface area contributed by atoms with Gasteiger partial charge in [0.05, 0.1) is 5.69 Å². The van der Waals surface area contributed by atoms with Crippen LogP contribution in [-0.4, -0.2) is 28.8 Å². The molecule has 0 saturated heterocycles. The van der Waals surface area contributed by atoms with Crippen molar-refractivity contribution in [3.63, 3.8) is 0 Å². The molecule has 0 atom stereocenters. The second-order valence-corrected chi connectivity index (χ2v) is 5.38. The minimum Gasteiger partial charge on any atom is -0.505 e. The van der Waals surface area contributed by atoms with E-state index in [2.05, 4.69) is 10.6 Å². The average Bonchev–Trinajstić information content (AvgIpc) is 2.28. The van der Waals surface area contributed by atoms with Gasteiger partial charge in [0.2, 0.25) is 0 Å². The summed E-state index contributed by atoms with van der Waals surface area (Å²) in [6.45, 7) is 6.36. The first kappa shape index (κ1) is 14.8. The van der Waals surface area contributed by atoms with Crippen molar-refractivity contribution in [1.82, 2.24) is 5.32 Å². The smallest absolute Gasteiger partial charge is 0.339 e. The Morgan fingerprint density at radius 1 is 1.26 bits per heavy atom. The van der Waals surface area contributed by atoms with E-state index in [0.717, 1.165) is 0 Å². The lowest BCUT2D eigenvalue weighted by Gasteiger charge is -2.19. The van der Waals surface area contributed by atoms with E-state index in [9.17, 15) is 14.7 Å². The maximum Gasteiger partial charge on any atom is 0.339 e. The number of amides is 2. The zero-order chi connectivity index (χ0) is 14.6. The van der Waals surface area contributed by atoms with Crippen LogP contribution in [0.2, 0.25) is 0 Å². The van der Waals surface area contributed by atoms with E-state index in [1.807, 2.05) is 20.8 Å². The number of nitrogens with one attached hydrogen (secondary N) is 2. The number of phenols is 1. The SMILES string of the molecule is CC(C)(C)CNC(=O)Nc1cccc(C(=O)O)c1O. The maximum atomic E-state index is 11.6. The van der Waals surface area contributed by atoms with E-state index in [1.165, 1.54) is 18.2 Å². The lowest BCUT2D eigenvalue weighted by Crippen LogP contribution is -2.35. The normalized spacial score (nSPS) is 10.9. The molecule has 0 bridgehead atoms. The van der Waals surface area contributed by atoms with Gasteiger partial charge < -0.3 is 20.8 Å². The quantitative estimate of drug-likeness (QED) is 0.630. The Kier molecular flexibility index (Phi) is 4.37. The molecule has 0 aromatic heterocycles. The molecule has 6 nitrogen and oxygen atoms in total. The summed E-state index contributed by atoms with van der Waals surface area (Å²) in [6, 6.07) is 3.64. The predicted octanol–water partition coefficient (Wildman–Crippen LogP) is 2.26. The first-order chi connectivity index (χ1) is 8.70. The molecule has 0 spiro atoms. The van der Waals surface area contributed by atoms with Crippen molar-refractivity contribution in [3.05, 3.63) is 23.8 Å². The van der Waals surface area contributed by atoms with Crippen molar-refractivity contribution in [2.75, 3.05) is 11.9 Å². The number of para-hydroxylation sites is 1. The molecule has 19 heavy (non-hydrogen) atoms. The fourth-order valence-electron chi connectivity index (χ4n) is 1.33. The van der Waals surface area contributed by atoms with Crippen LogP contribution in [-0.2, 0) is 0 Å². The predicted molar refractivity (Wildman–Crippen MR) is 71.5 cm³/mol. The number of hydrogen-bond donors (Lipinski definition) is 4. The summed E-state index contributed by atoms with van der Waals surface area (Å²) >= 11 is 0. The van der Waals surface area contributed by atoms with Gasteiger partial charge in [-0.25, -0.2) is 9.59 Å². The Morgan fingerprint density at radius 3 is 2.42 bits per heavy atom. The number of benzene rings is 1. The van der Waals surface area contributed by atoms with Crippen molar-refractivity contribution >= 4 is 17.7 Å². The monoisotopic (exact) mass is 266 g/mol. The van der Waals surface area contributed by atoms with Crippen molar-refractivity contribution in [3.8, 4) is 5.75 Å². The fraction of sp³-hybridized carbons (Fsp3) is 0.385. The second-order valence-electron chi connectivity index (χ2n) is 5.38. The third kappa shape index (κ3) is 4.50. The van der Waals surface area contributed by atoms with Crippen LogP contribution >= 0.6 is 0 Å². The molecular weight excluding hydrogens is 248 g/mol. The Balaban J connectivity index is 2.75. The molecule has 1 aromatic carbocycles. The van der Waals surface area contributed by atoms with Crippen LogP contribution in [0.25, 0.3) is 0 Å². The lowest BCUT2D eigenvalue weighted by molar-refractivity contribution is 0.0693. The number of hydrogen-bond acceptors (Lipinski definition) is 3. The van der Waals surface area contributed by atoms with Crippen LogP contribution in [0.4, 0.5) is 10.5 Å². The highest BCUT2D eigenvalue weighted by atomic mass is 16.4. The van der Waals surface area contributed by atoms with E-state index in [0.29, 0.717) is 6.54 Å². The van der Waals surface area contributed by atoms with Gasteiger partial charge in [-0.3, -0.25) is 0 Å². The molecule has 0 fully saturated rings. The number of carboxylic acids is 1. The fourth-order valence-corrected chi connectivity index (χ4v) is 1.33. The number of anilines is 1. The molecule has 0 saturated carbocycles. The summed E-state index contributed by atoms with van der Waals surface area (Å²) in [5.41, 5.74) is -0.262.